The minimum Gasteiger partial charge on any atom is -0.454 e. The first kappa shape index (κ1) is 21.2. The number of aromatic nitrogens is 1. The van der Waals surface area contributed by atoms with Crippen LogP contribution in [0.2, 0.25) is 0 Å². The Bertz CT molecular complexity index is 1110. The van der Waals surface area contributed by atoms with Crippen molar-refractivity contribution in [3.8, 4) is 11.5 Å². The number of thiazole rings is 1. The number of benzene rings is 2. The van der Waals surface area contributed by atoms with E-state index in [9.17, 15) is 4.79 Å². The zero-order chi connectivity index (χ0) is 21.9. The first-order valence-electron chi connectivity index (χ1n) is 11.1. The van der Waals surface area contributed by atoms with E-state index in [1.807, 2.05) is 4.90 Å². The number of rotatable bonds is 7. The van der Waals surface area contributed by atoms with Crippen LogP contribution in [0.15, 0.2) is 36.4 Å². The monoisotopic (exact) mass is 453 g/mol. The number of amides is 1. The van der Waals surface area contributed by atoms with Crippen molar-refractivity contribution in [2.45, 2.75) is 19.8 Å². The maximum atomic E-state index is 13.6. The summed E-state index contributed by atoms with van der Waals surface area (Å²) < 4.78 is 17.4. The number of hydrogen-bond acceptors (Lipinski definition) is 7. The fourth-order valence-corrected chi connectivity index (χ4v) is 5.18. The lowest BCUT2D eigenvalue weighted by atomic mass is 10.1. The molecule has 3 heterocycles. The minimum atomic E-state index is -0.0672. The van der Waals surface area contributed by atoms with Gasteiger partial charge in [-0.25, -0.2) is 4.98 Å². The molecule has 1 saturated heterocycles. The van der Waals surface area contributed by atoms with E-state index in [1.54, 1.807) is 29.5 Å². The molecule has 168 valence electrons. The minimum absolute atomic E-state index is 0.0672. The van der Waals surface area contributed by atoms with Gasteiger partial charge in [-0.05, 0) is 42.7 Å². The van der Waals surface area contributed by atoms with Crippen LogP contribution < -0.4 is 14.4 Å². The van der Waals surface area contributed by atoms with Crippen molar-refractivity contribution in [1.82, 2.24) is 9.88 Å². The average molecular weight is 454 g/mol. The number of carbonyl (C=O) groups excluding carboxylic acids is 1. The van der Waals surface area contributed by atoms with E-state index in [0.717, 1.165) is 61.0 Å². The van der Waals surface area contributed by atoms with Gasteiger partial charge in [0.05, 0.1) is 23.4 Å². The van der Waals surface area contributed by atoms with Gasteiger partial charge in [0.1, 0.15) is 0 Å². The smallest absolute Gasteiger partial charge is 0.260 e. The predicted octanol–water partition coefficient (Wildman–Crippen LogP) is 3.96. The molecule has 0 radical (unpaired) electrons. The number of hydrogen-bond donors (Lipinski definition) is 0. The first-order valence-corrected chi connectivity index (χ1v) is 11.9. The molecule has 32 heavy (non-hydrogen) atoms. The Labute approximate surface area is 191 Å². The van der Waals surface area contributed by atoms with Crippen LogP contribution in [0.1, 0.15) is 29.3 Å². The van der Waals surface area contributed by atoms with Crippen LogP contribution >= 0.6 is 11.3 Å². The van der Waals surface area contributed by atoms with Gasteiger partial charge in [-0.3, -0.25) is 14.6 Å². The molecule has 3 aromatic rings. The van der Waals surface area contributed by atoms with E-state index in [1.165, 1.54) is 5.56 Å². The summed E-state index contributed by atoms with van der Waals surface area (Å²) in [7, 11) is 0. The van der Waals surface area contributed by atoms with Crippen molar-refractivity contribution in [1.29, 1.82) is 0 Å². The molecule has 0 N–H and O–H groups in total. The van der Waals surface area contributed by atoms with Crippen LogP contribution in [0, 0.1) is 0 Å². The standard InChI is InChI=1S/C24H27N3O4S/c1-2-17-5-3-6-21-22(17)25-24(32-21)27(10-4-9-26-11-13-29-14-12-26)23(28)18-7-8-19-20(15-18)31-16-30-19/h3,5-8,15H,2,4,9-14,16H2,1H3. The summed E-state index contributed by atoms with van der Waals surface area (Å²) in [5, 5.41) is 0.741. The third-order valence-electron chi connectivity index (χ3n) is 5.93. The van der Waals surface area contributed by atoms with Crippen molar-refractivity contribution in [2.24, 2.45) is 0 Å². The van der Waals surface area contributed by atoms with Gasteiger partial charge in [0.2, 0.25) is 6.79 Å². The summed E-state index contributed by atoms with van der Waals surface area (Å²) in [6.45, 7) is 7.29. The molecule has 1 amide bonds. The highest BCUT2D eigenvalue weighted by Crippen LogP contribution is 2.35. The number of anilines is 1. The van der Waals surface area contributed by atoms with E-state index in [0.29, 0.717) is 23.6 Å². The van der Waals surface area contributed by atoms with E-state index in [-0.39, 0.29) is 12.7 Å². The molecule has 1 fully saturated rings. The molecule has 2 aliphatic rings. The lowest BCUT2D eigenvalue weighted by Gasteiger charge is -2.27. The second-order valence-corrected chi connectivity index (χ2v) is 8.96. The molecule has 2 aliphatic heterocycles. The van der Waals surface area contributed by atoms with Crippen LogP contribution in [0.3, 0.4) is 0 Å². The Hall–Kier alpha value is -2.68. The van der Waals surface area contributed by atoms with Crippen LogP contribution in [-0.4, -0.2) is 62.0 Å². The Morgan fingerprint density at radius 3 is 2.84 bits per heavy atom. The molecule has 0 spiro atoms. The molecule has 0 saturated carbocycles. The van der Waals surface area contributed by atoms with Crippen LogP contribution in [0.25, 0.3) is 10.2 Å². The molecule has 2 aromatic carbocycles. The fraction of sp³-hybridized carbons (Fsp3) is 0.417. The Kier molecular flexibility index (Phi) is 6.25. The number of carbonyl (C=O) groups is 1. The number of para-hydroxylation sites is 1. The van der Waals surface area contributed by atoms with Crippen LogP contribution in [-0.2, 0) is 11.2 Å². The highest BCUT2D eigenvalue weighted by Gasteiger charge is 2.24. The lowest BCUT2D eigenvalue weighted by Crippen LogP contribution is -2.39. The normalized spacial score (nSPS) is 15.9. The van der Waals surface area contributed by atoms with Crippen molar-refractivity contribution in [3.63, 3.8) is 0 Å². The van der Waals surface area contributed by atoms with Crippen LogP contribution in [0.5, 0.6) is 11.5 Å². The maximum Gasteiger partial charge on any atom is 0.260 e. The SMILES string of the molecule is CCc1cccc2sc(N(CCCN3CCOCC3)C(=O)c3ccc4c(c3)OCO4)nc12. The second kappa shape index (κ2) is 9.44. The highest BCUT2D eigenvalue weighted by atomic mass is 32.1. The topological polar surface area (TPSA) is 64.1 Å². The summed E-state index contributed by atoms with van der Waals surface area (Å²) in [6.07, 6.45) is 1.78. The van der Waals surface area contributed by atoms with Crippen molar-refractivity contribution >= 4 is 32.6 Å². The van der Waals surface area contributed by atoms with E-state index >= 15 is 0 Å². The van der Waals surface area contributed by atoms with E-state index in [4.69, 9.17) is 19.2 Å². The Balaban J connectivity index is 1.42. The molecular weight excluding hydrogens is 426 g/mol. The lowest BCUT2D eigenvalue weighted by molar-refractivity contribution is 0.0376. The van der Waals surface area contributed by atoms with Gasteiger partial charge in [-0.15, -0.1) is 0 Å². The number of nitrogens with zero attached hydrogens (tertiary/aromatic N) is 3. The average Bonchev–Trinajstić information content (AvgIpc) is 3.48. The third kappa shape index (κ3) is 4.30. The quantitative estimate of drug-likeness (QED) is 0.540. The molecule has 8 heteroatoms. The van der Waals surface area contributed by atoms with Gasteiger partial charge in [0, 0.05) is 31.7 Å². The van der Waals surface area contributed by atoms with Gasteiger partial charge in [0.25, 0.3) is 5.91 Å². The van der Waals surface area contributed by atoms with Crippen LogP contribution in [0.4, 0.5) is 5.13 Å². The number of aryl methyl sites for hydroxylation is 1. The largest absolute Gasteiger partial charge is 0.454 e. The summed E-state index contributed by atoms with van der Waals surface area (Å²) in [5.74, 6) is 1.22. The van der Waals surface area contributed by atoms with Gasteiger partial charge < -0.3 is 14.2 Å². The maximum absolute atomic E-state index is 13.6. The van der Waals surface area contributed by atoms with Crippen molar-refractivity contribution in [2.75, 3.05) is 51.1 Å². The molecule has 0 bridgehead atoms. The van der Waals surface area contributed by atoms with Gasteiger partial charge >= 0.3 is 0 Å². The zero-order valence-corrected chi connectivity index (χ0v) is 19.0. The second-order valence-electron chi connectivity index (χ2n) is 7.95. The molecule has 5 rings (SSSR count). The number of fused-ring (bicyclic) bond motifs is 2. The zero-order valence-electron chi connectivity index (χ0n) is 18.2. The Morgan fingerprint density at radius 2 is 2.00 bits per heavy atom. The number of morpholine rings is 1. The number of ether oxygens (including phenoxy) is 3. The summed E-state index contributed by atoms with van der Waals surface area (Å²) in [6, 6.07) is 11.6. The van der Waals surface area contributed by atoms with E-state index in [2.05, 4.69) is 30.0 Å². The molecule has 7 nitrogen and oxygen atoms in total. The first-order chi connectivity index (χ1) is 15.7. The van der Waals surface area contributed by atoms with Gasteiger partial charge in [-0.1, -0.05) is 30.4 Å². The van der Waals surface area contributed by atoms with Crippen molar-refractivity contribution in [3.05, 3.63) is 47.5 Å². The van der Waals surface area contributed by atoms with Crippen molar-refractivity contribution < 1.29 is 19.0 Å². The molecule has 0 aliphatic carbocycles. The molecule has 1 aromatic heterocycles. The summed E-state index contributed by atoms with van der Waals surface area (Å²) >= 11 is 1.57. The summed E-state index contributed by atoms with van der Waals surface area (Å²) in [4.78, 5) is 22.7. The van der Waals surface area contributed by atoms with E-state index < -0.39 is 0 Å². The predicted molar refractivity (Wildman–Crippen MR) is 125 cm³/mol. The van der Waals surface area contributed by atoms with Gasteiger partial charge in [0.15, 0.2) is 16.6 Å². The highest BCUT2D eigenvalue weighted by molar-refractivity contribution is 7.22. The third-order valence-corrected chi connectivity index (χ3v) is 6.97. The Morgan fingerprint density at radius 1 is 1.16 bits per heavy atom. The molecule has 0 unspecified atom stereocenters. The molecular formula is C24H27N3O4S. The van der Waals surface area contributed by atoms with Gasteiger partial charge in [-0.2, -0.15) is 0 Å². The fourth-order valence-electron chi connectivity index (χ4n) is 4.14. The summed E-state index contributed by atoms with van der Waals surface area (Å²) in [5.41, 5.74) is 2.77. The molecule has 0 atom stereocenters.